The van der Waals surface area contributed by atoms with Crippen LogP contribution in [0.15, 0.2) is 29.2 Å². The lowest BCUT2D eigenvalue weighted by molar-refractivity contribution is -0.129. The summed E-state index contributed by atoms with van der Waals surface area (Å²) < 4.78 is 32.5. The van der Waals surface area contributed by atoms with Gasteiger partial charge in [0.2, 0.25) is 0 Å². The molecule has 0 heterocycles. The molecule has 0 saturated heterocycles. The van der Waals surface area contributed by atoms with Crippen LogP contribution in [-0.2, 0) is 24.1 Å². The fraction of sp³-hybridized carbons (Fsp3) is 0.429. The summed E-state index contributed by atoms with van der Waals surface area (Å²) in [5.74, 6) is -1.13. The molecule has 22 heavy (non-hydrogen) atoms. The molecule has 0 unspecified atom stereocenters. The largest absolute Gasteiger partial charge is 0.449 e. The highest BCUT2D eigenvalue weighted by molar-refractivity contribution is 7.90. The van der Waals surface area contributed by atoms with Crippen molar-refractivity contribution in [3.8, 4) is 0 Å². The van der Waals surface area contributed by atoms with Gasteiger partial charge in [-0.1, -0.05) is 0 Å². The summed E-state index contributed by atoms with van der Waals surface area (Å²) in [5, 5.41) is 2.55. The molecular weight excluding hydrogens is 310 g/mol. The molecule has 1 amide bonds. The van der Waals surface area contributed by atoms with E-state index in [4.69, 9.17) is 9.47 Å². The molecule has 1 atom stereocenters. The molecule has 122 valence electrons. The van der Waals surface area contributed by atoms with Crippen LogP contribution in [0.3, 0.4) is 0 Å². The van der Waals surface area contributed by atoms with E-state index in [0.29, 0.717) is 13.2 Å². The lowest BCUT2D eigenvalue weighted by atomic mass is 10.2. The maximum atomic E-state index is 11.9. The van der Waals surface area contributed by atoms with Crippen LogP contribution in [0.5, 0.6) is 0 Å². The molecule has 7 nitrogen and oxygen atoms in total. The summed E-state index contributed by atoms with van der Waals surface area (Å²) in [4.78, 5) is 23.6. The minimum atomic E-state index is -3.32. The van der Waals surface area contributed by atoms with Gasteiger partial charge in [-0.05, 0) is 31.2 Å². The number of benzene rings is 1. The van der Waals surface area contributed by atoms with Crippen LogP contribution in [0.2, 0.25) is 0 Å². The van der Waals surface area contributed by atoms with Crippen molar-refractivity contribution in [3.63, 3.8) is 0 Å². The molecule has 0 radical (unpaired) electrons. The molecule has 1 aromatic carbocycles. The monoisotopic (exact) mass is 329 g/mol. The van der Waals surface area contributed by atoms with Crippen molar-refractivity contribution in [1.29, 1.82) is 0 Å². The van der Waals surface area contributed by atoms with E-state index >= 15 is 0 Å². The minimum Gasteiger partial charge on any atom is -0.449 e. The molecule has 1 aromatic rings. The molecule has 0 bridgehead atoms. The number of methoxy groups -OCH3 is 1. The number of hydrogen-bond acceptors (Lipinski definition) is 6. The Kier molecular flexibility index (Phi) is 6.51. The molecule has 0 aliphatic carbocycles. The van der Waals surface area contributed by atoms with Crippen LogP contribution in [0, 0.1) is 0 Å². The maximum absolute atomic E-state index is 11.9. The highest BCUT2D eigenvalue weighted by Gasteiger charge is 2.19. The molecule has 1 N–H and O–H groups in total. The van der Waals surface area contributed by atoms with E-state index in [-0.39, 0.29) is 10.5 Å². The van der Waals surface area contributed by atoms with Gasteiger partial charge < -0.3 is 14.8 Å². The van der Waals surface area contributed by atoms with Crippen molar-refractivity contribution in [2.75, 3.05) is 26.5 Å². The van der Waals surface area contributed by atoms with Crippen LogP contribution < -0.4 is 5.32 Å². The number of ether oxygens (including phenoxy) is 2. The highest BCUT2D eigenvalue weighted by atomic mass is 32.2. The quantitative estimate of drug-likeness (QED) is 0.574. The summed E-state index contributed by atoms with van der Waals surface area (Å²) in [6.07, 6.45) is 0.117. The van der Waals surface area contributed by atoms with Gasteiger partial charge in [0.1, 0.15) is 0 Å². The molecule has 8 heteroatoms. The average Bonchev–Trinajstić information content (AvgIpc) is 2.46. The van der Waals surface area contributed by atoms with E-state index < -0.39 is 27.8 Å². The second-order valence-corrected chi connectivity index (χ2v) is 6.64. The maximum Gasteiger partial charge on any atom is 0.338 e. The third kappa shape index (κ3) is 5.45. The zero-order valence-corrected chi connectivity index (χ0v) is 13.5. The van der Waals surface area contributed by atoms with Gasteiger partial charge in [0.15, 0.2) is 15.9 Å². The van der Waals surface area contributed by atoms with Gasteiger partial charge in [-0.3, -0.25) is 4.79 Å². The Bertz CT molecular complexity index is 623. The Morgan fingerprint density at radius 3 is 2.32 bits per heavy atom. The third-order valence-corrected chi connectivity index (χ3v) is 3.91. The van der Waals surface area contributed by atoms with Gasteiger partial charge in [0, 0.05) is 19.9 Å². The van der Waals surface area contributed by atoms with E-state index in [0.717, 1.165) is 6.26 Å². The van der Waals surface area contributed by atoms with Crippen molar-refractivity contribution in [1.82, 2.24) is 5.32 Å². The van der Waals surface area contributed by atoms with Crippen LogP contribution in [-0.4, -0.2) is 52.9 Å². The number of carbonyl (C=O) groups is 2. The van der Waals surface area contributed by atoms with Crippen LogP contribution >= 0.6 is 0 Å². The molecule has 0 aliphatic rings. The van der Waals surface area contributed by atoms with E-state index in [1.807, 2.05) is 0 Å². The first-order valence-corrected chi connectivity index (χ1v) is 8.42. The highest BCUT2D eigenvalue weighted by Crippen LogP contribution is 2.11. The summed E-state index contributed by atoms with van der Waals surface area (Å²) in [5.41, 5.74) is 0.170. The SMILES string of the molecule is COCCNC(=O)[C@H](C)OC(=O)c1ccc(S(C)(=O)=O)cc1. The van der Waals surface area contributed by atoms with E-state index in [1.165, 1.54) is 38.3 Å². The second kappa shape index (κ2) is 7.90. The number of amides is 1. The number of nitrogens with one attached hydrogen (secondary N) is 1. The number of esters is 1. The molecular formula is C14H19NO6S. The third-order valence-electron chi connectivity index (χ3n) is 2.78. The van der Waals surface area contributed by atoms with Crippen molar-refractivity contribution in [3.05, 3.63) is 29.8 Å². The van der Waals surface area contributed by atoms with Crippen LogP contribution in [0.25, 0.3) is 0 Å². The molecule has 0 spiro atoms. The predicted octanol–water partition coefficient (Wildman–Crippen LogP) is 0.398. The fourth-order valence-electron chi connectivity index (χ4n) is 1.54. The van der Waals surface area contributed by atoms with Gasteiger partial charge in [-0.15, -0.1) is 0 Å². The van der Waals surface area contributed by atoms with Gasteiger partial charge in [-0.25, -0.2) is 13.2 Å². The molecule has 1 rings (SSSR count). The smallest absolute Gasteiger partial charge is 0.338 e. The van der Waals surface area contributed by atoms with E-state index in [1.54, 1.807) is 0 Å². The summed E-state index contributed by atoms with van der Waals surface area (Å²) in [6, 6.07) is 5.31. The molecule has 0 fully saturated rings. The van der Waals surface area contributed by atoms with Crippen molar-refractivity contribution >= 4 is 21.7 Å². The Balaban J connectivity index is 2.63. The van der Waals surface area contributed by atoms with Crippen molar-refractivity contribution in [2.24, 2.45) is 0 Å². The minimum absolute atomic E-state index is 0.106. The van der Waals surface area contributed by atoms with Gasteiger partial charge in [0.05, 0.1) is 17.1 Å². The van der Waals surface area contributed by atoms with Crippen LogP contribution in [0.4, 0.5) is 0 Å². The lowest BCUT2D eigenvalue weighted by Crippen LogP contribution is -2.37. The van der Waals surface area contributed by atoms with Gasteiger partial charge in [0.25, 0.3) is 5.91 Å². The topological polar surface area (TPSA) is 98.8 Å². The van der Waals surface area contributed by atoms with Crippen molar-refractivity contribution < 1.29 is 27.5 Å². The first-order chi connectivity index (χ1) is 10.3. The first-order valence-electron chi connectivity index (χ1n) is 6.53. The summed E-state index contributed by atoms with van der Waals surface area (Å²) in [7, 11) is -1.81. The standard InChI is InChI=1S/C14H19NO6S/c1-10(13(16)15-8-9-20-2)21-14(17)11-4-6-12(7-5-11)22(3,18)19/h4-7,10H,8-9H2,1-3H3,(H,15,16)/t10-/m0/s1. The number of hydrogen-bond donors (Lipinski definition) is 1. The number of rotatable bonds is 7. The number of carbonyl (C=O) groups excluding carboxylic acids is 2. The van der Waals surface area contributed by atoms with Crippen molar-refractivity contribution in [2.45, 2.75) is 17.9 Å². The van der Waals surface area contributed by atoms with Gasteiger partial charge >= 0.3 is 5.97 Å². The Labute approximate surface area is 129 Å². The molecule has 0 saturated carbocycles. The second-order valence-electron chi connectivity index (χ2n) is 4.63. The Hall–Kier alpha value is -1.93. The molecule has 0 aliphatic heterocycles. The first kappa shape index (κ1) is 18.1. The molecule has 0 aromatic heterocycles. The fourth-order valence-corrected chi connectivity index (χ4v) is 2.17. The number of sulfone groups is 1. The van der Waals surface area contributed by atoms with Gasteiger partial charge in [-0.2, -0.15) is 0 Å². The zero-order chi connectivity index (χ0) is 16.8. The summed E-state index contributed by atoms with van der Waals surface area (Å²) >= 11 is 0. The normalized spacial score (nSPS) is 12.5. The van der Waals surface area contributed by atoms with Crippen LogP contribution in [0.1, 0.15) is 17.3 Å². The Morgan fingerprint density at radius 1 is 1.23 bits per heavy atom. The predicted molar refractivity (Wildman–Crippen MR) is 79.3 cm³/mol. The Morgan fingerprint density at radius 2 is 1.82 bits per heavy atom. The van der Waals surface area contributed by atoms with E-state index in [9.17, 15) is 18.0 Å². The lowest BCUT2D eigenvalue weighted by Gasteiger charge is -2.13. The zero-order valence-electron chi connectivity index (χ0n) is 12.7. The summed E-state index contributed by atoms with van der Waals surface area (Å²) in [6.45, 7) is 2.13. The average molecular weight is 329 g/mol. The van der Waals surface area contributed by atoms with E-state index in [2.05, 4.69) is 5.32 Å².